The fraction of sp³-hybridized carbons (Fsp3) is 0.250. The Bertz CT molecular complexity index is 1950. The van der Waals surface area contributed by atoms with E-state index in [4.69, 9.17) is 9.57 Å². The molecule has 1 heterocycles. The van der Waals surface area contributed by atoms with Crippen LogP contribution in [0.4, 0.5) is 39.5 Å². The summed E-state index contributed by atoms with van der Waals surface area (Å²) in [6.45, 7) is 2.24. The van der Waals surface area contributed by atoms with E-state index in [2.05, 4.69) is 5.48 Å². The number of benzene rings is 4. The SMILES string of the molecule is COc1ccc(-c2ccc(C(=O)O)cc2C)cc1-c1ccc(C(F)(F)F)cc1CN(Cc1cc(C(F)(F)F)cc(C(F)(F)F)c1)C1C=C(C)ON1. The predicted octanol–water partition coefficient (Wildman–Crippen LogP) is 9.86. The number of methoxy groups -OCH3 is 1. The molecule has 0 bridgehead atoms. The Morgan fingerprint density at radius 1 is 0.765 bits per heavy atom. The number of hydrogen-bond acceptors (Lipinski definition) is 5. The summed E-state index contributed by atoms with van der Waals surface area (Å²) in [4.78, 5) is 18.1. The van der Waals surface area contributed by atoms with E-state index in [1.807, 2.05) is 0 Å². The van der Waals surface area contributed by atoms with E-state index < -0.39 is 66.0 Å². The number of alkyl halides is 9. The summed E-state index contributed by atoms with van der Waals surface area (Å²) in [5, 5.41) is 9.38. The van der Waals surface area contributed by atoms with Crippen LogP contribution in [0.5, 0.6) is 5.75 Å². The lowest BCUT2D eigenvalue weighted by Crippen LogP contribution is -2.40. The fourth-order valence-corrected chi connectivity index (χ4v) is 5.81. The molecule has 1 unspecified atom stereocenters. The first-order chi connectivity index (χ1) is 23.7. The third-order valence-corrected chi connectivity index (χ3v) is 8.24. The van der Waals surface area contributed by atoms with Gasteiger partial charge in [-0.25, -0.2) is 4.79 Å². The molecule has 4 aromatic rings. The van der Waals surface area contributed by atoms with Gasteiger partial charge in [-0.2, -0.15) is 39.5 Å². The van der Waals surface area contributed by atoms with E-state index in [1.54, 1.807) is 31.2 Å². The summed E-state index contributed by atoms with van der Waals surface area (Å²) in [6.07, 6.45) is -14.5. The standard InChI is InChI=1S/C36H29F9N2O4/c1-19-10-23(33(48)49)4-7-28(19)22-5-9-31(50-3)30(15-22)29-8-6-25(34(37,38)39)14-24(29)18-47(32-11-20(2)51-46-32)17-21-12-26(35(40,41)42)16-27(13-21)36(43,44)45/h4-16,32,46H,17-18H2,1-3H3,(H,48,49). The second kappa shape index (κ2) is 13.9. The highest BCUT2D eigenvalue weighted by molar-refractivity contribution is 5.89. The highest BCUT2D eigenvalue weighted by Crippen LogP contribution is 2.41. The van der Waals surface area contributed by atoms with E-state index in [0.717, 1.165) is 12.1 Å². The van der Waals surface area contributed by atoms with Gasteiger partial charge >= 0.3 is 24.5 Å². The minimum atomic E-state index is -5.12. The maximum absolute atomic E-state index is 14.1. The van der Waals surface area contributed by atoms with Crippen molar-refractivity contribution in [3.05, 3.63) is 124 Å². The van der Waals surface area contributed by atoms with E-state index in [0.29, 0.717) is 40.1 Å². The third-order valence-electron chi connectivity index (χ3n) is 8.24. The number of carboxylic acids is 1. The Morgan fingerprint density at radius 2 is 1.39 bits per heavy atom. The number of nitrogens with zero attached hydrogens (tertiary/aromatic N) is 1. The number of aromatic carboxylic acids is 1. The molecule has 0 aromatic heterocycles. The first-order valence-electron chi connectivity index (χ1n) is 15.1. The molecule has 0 amide bonds. The number of rotatable bonds is 9. The number of allylic oxidation sites excluding steroid dienone is 1. The molecule has 5 rings (SSSR count). The molecule has 0 radical (unpaired) electrons. The first kappa shape index (κ1) is 37.2. The van der Waals surface area contributed by atoms with Crippen LogP contribution in [0.15, 0.2) is 84.6 Å². The van der Waals surface area contributed by atoms with Gasteiger partial charge in [0.25, 0.3) is 0 Å². The van der Waals surface area contributed by atoms with Crippen molar-refractivity contribution >= 4 is 5.97 Å². The summed E-state index contributed by atoms with van der Waals surface area (Å²) < 4.78 is 130. The Balaban J connectivity index is 1.66. The molecule has 51 heavy (non-hydrogen) atoms. The van der Waals surface area contributed by atoms with Gasteiger partial charge in [0.15, 0.2) is 0 Å². The van der Waals surface area contributed by atoms with E-state index in [9.17, 15) is 49.4 Å². The highest BCUT2D eigenvalue weighted by atomic mass is 19.4. The highest BCUT2D eigenvalue weighted by Gasteiger charge is 2.38. The van der Waals surface area contributed by atoms with Gasteiger partial charge in [-0.15, -0.1) is 5.48 Å². The second-order valence-corrected chi connectivity index (χ2v) is 11.9. The Kier molecular flexibility index (Phi) is 10.2. The maximum atomic E-state index is 14.1. The van der Waals surface area contributed by atoms with Gasteiger partial charge in [0.05, 0.1) is 29.4 Å². The number of ether oxygens (including phenoxy) is 1. The van der Waals surface area contributed by atoms with E-state index in [1.165, 1.54) is 43.2 Å². The van der Waals surface area contributed by atoms with Crippen LogP contribution in [0.2, 0.25) is 0 Å². The minimum absolute atomic E-state index is 0.00405. The van der Waals surface area contributed by atoms with Gasteiger partial charge < -0.3 is 14.7 Å². The van der Waals surface area contributed by atoms with Gasteiger partial charge in [-0.1, -0.05) is 18.2 Å². The van der Waals surface area contributed by atoms with Crippen molar-refractivity contribution in [2.24, 2.45) is 0 Å². The minimum Gasteiger partial charge on any atom is -0.496 e. The van der Waals surface area contributed by atoms with Gasteiger partial charge in [-0.3, -0.25) is 4.90 Å². The summed E-state index contributed by atoms with van der Waals surface area (Å²) in [5.41, 5.74) is 0.487. The van der Waals surface area contributed by atoms with Crippen molar-refractivity contribution in [1.82, 2.24) is 10.4 Å². The number of aryl methyl sites for hydroxylation is 1. The Labute approximate surface area is 285 Å². The molecule has 15 heteroatoms. The molecule has 270 valence electrons. The summed E-state index contributed by atoms with van der Waals surface area (Å²) in [5.74, 6) is -0.573. The molecule has 0 saturated heterocycles. The van der Waals surface area contributed by atoms with Crippen molar-refractivity contribution < 1.29 is 59.0 Å². The lowest BCUT2D eigenvalue weighted by molar-refractivity contribution is -0.143. The van der Waals surface area contributed by atoms with Gasteiger partial charge in [0.1, 0.15) is 17.7 Å². The summed E-state index contributed by atoms with van der Waals surface area (Å²) in [6, 6.07) is 13.4. The number of carboxylic acid groups (broad SMARTS) is 1. The smallest absolute Gasteiger partial charge is 0.416 e. The van der Waals surface area contributed by atoms with Crippen LogP contribution in [0.3, 0.4) is 0 Å². The third kappa shape index (κ3) is 8.48. The zero-order valence-electron chi connectivity index (χ0n) is 27.0. The lowest BCUT2D eigenvalue weighted by atomic mass is 9.91. The quantitative estimate of drug-likeness (QED) is 0.168. The molecular formula is C36H29F9N2O4. The molecule has 0 spiro atoms. The maximum Gasteiger partial charge on any atom is 0.416 e. The summed E-state index contributed by atoms with van der Waals surface area (Å²) >= 11 is 0. The van der Waals surface area contributed by atoms with Crippen LogP contribution < -0.4 is 10.2 Å². The molecule has 2 N–H and O–H groups in total. The fourth-order valence-electron chi connectivity index (χ4n) is 5.81. The number of halogens is 9. The number of hydroxylamine groups is 1. The zero-order chi connectivity index (χ0) is 37.5. The van der Waals surface area contributed by atoms with Gasteiger partial charge in [0.2, 0.25) is 0 Å². The van der Waals surface area contributed by atoms with Gasteiger partial charge in [0, 0.05) is 18.7 Å². The molecule has 6 nitrogen and oxygen atoms in total. The Morgan fingerprint density at radius 3 is 1.92 bits per heavy atom. The van der Waals surface area contributed by atoms with Crippen molar-refractivity contribution in [2.45, 2.75) is 51.6 Å². The molecule has 4 aromatic carbocycles. The largest absolute Gasteiger partial charge is 0.496 e. The molecule has 0 fully saturated rings. The van der Waals surface area contributed by atoms with Crippen molar-refractivity contribution in [2.75, 3.05) is 7.11 Å². The van der Waals surface area contributed by atoms with Crippen LogP contribution in [0.1, 0.15) is 50.7 Å². The molecule has 0 aliphatic carbocycles. The van der Waals surface area contributed by atoms with Gasteiger partial charge in [-0.05, 0) is 108 Å². The topological polar surface area (TPSA) is 71.0 Å². The van der Waals surface area contributed by atoms with Crippen molar-refractivity contribution in [3.8, 4) is 28.0 Å². The van der Waals surface area contributed by atoms with Crippen molar-refractivity contribution in [1.29, 1.82) is 0 Å². The number of carbonyl (C=O) groups is 1. The van der Waals surface area contributed by atoms with Crippen molar-refractivity contribution in [3.63, 3.8) is 0 Å². The molecule has 1 aliphatic heterocycles. The molecule has 0 saturated carbocycles. The Hall–Kier alpha value is -5.02. The molecule has 1 atom stereocenters. The lowest BCUT2D eigenvalue weighted by Gasteiger charge is -2.29. The first-order valence-corrected chi connectivity index (χ1v) is 15.1. The van der Waals surface area contributed by atoms with Crippen LogP contribution in [0, 0.1) is 6.92 Å². The average Bonchev–Trinajstić information content (AvgIpc) is 3.48. The average molecular weight is 725 g/mol. The predicted molar refractivity (Wildman–Crippen MR) is 168 cm³/mol. The second-order valence-electron chi connectivity index (χ2n) is 11.9. The van der Waals surface area contributed by atoms with Crippen LogP contribution >= 0.6 is 0 Å². The van der Waals surface area contributed by atoms with E-state index >= 15 is 0 Å². The van der Waals surface area contributed by atoms with Crippen LogP contribution in [-0.2, 0) is 36.5 Å². The normalized spacial score (nSPS) is 15.2. The number of nitrogens with one attached hydrogen (secondary N) is 1. The molecule has 1 aliphatic rings. The monoisotopic (exact) mass is 724 g/mol. The van der Waals surface area contributed by atoms with Crippen LogP contribution in [-0.4, -0.2) is 29.3 Å². The molecular weight excluding hydrogens is 695 g/mol. The number of hydrogen-bond donors (Lipinski definition) is 2. The van der Waals surface area contributed by atoms with Crippen LogP contribution in [0.25, 0.3) is 22.3 Å². The van der Waals surface area contributed by atoms with E-state index in [-0.39, 0.29) is 28.5 Å². The summed E-state index contributed by atoms with van der Waals surface area (Å²) in [7, 11) is 1.35. The zero-order valence-corrected chi connectivity index (χ0v) is 27.0.